The molecule has 0 aliphatic heterocycles. The number of allylic oxidation sites excluding steroid dienone is 1. The van der Waals surface area contributed by atoms with Gasteiger partial charge < -0.3 is 5.11 Å². The van der Waals surface area contributed by atoms with Crippen molar-refractivity contribution in [3.8, 4) is 0 Å². The van der Waals surface area contributed by atoms with Gasteiger partial charge in [0.25, 0.3) is 0 Å². The van der Waals surface area contributed by atoms with E-state index in [1.54, 1.807) is 0 Å². The Morgan fingerprint density at radius 3 is 2.66 bits per heavy atom. The SMILES string of the molecule is C[C@]12CC[C@H]3[C@@H](CC=C4CC(O)CC[C@@]43C)[C@@H]1CC[C@@H]2C(=O)C[n+]1ccccc1. The lowest BCUT2D eigenvalue weighted by Gasteiger charge is -2.57. The smallest absolute Gasteiger partial charge is 0.206 e. The van der Waals surface area contributed by atoms with E-state index in [9.17, 15) is 9.90 Å². The van der Waals surface area contributed by atoms with Crippen LogP contribution in [0.3, 0.4) is 0 Å². The number of hydrogen-bond donors (Lipinski definition) is 1. The lowest BCUT2D eigenvalue weighted by atomic mass is 9.47. The number of rotatable bonds is 3. The van der Waals surface area contributed by atoms with E-state index in [0.29, 0.717) is 18.2 Å². The molecule has 1 heterocycles. The zero-order chi connectivity index (χ0) is 20.2. The number of Topliss-reactive ketones (excluding diaryl/α,β-unsaturated/α-hetero) is 1. The Hall–Kier alpha value is -1.48. The first kappa shape index (κ1) is 19.5. The van der Waals surface area contributed by atoms with Crippen molar-refractivity contribution < 1.29 is 14.5 Å². The monoisotopic (exact) mass is 394 g/mol. The third kappa shape index (κ3) is 3.03. The van der Waals surface area contributed by atoms with Gasteiger partial charge in [-0.1, -0.05) is 31.6 Å². The highest BCUT2D eigenvalue weighted by Gasteiger charge is 2.59. The predicted molar refractivity (Wildman–Crippen MR) is 113 cm³/mol. The van der Waals surface area contributed by atoms with Crippen molar-refractivity contribution in [2.45, 2.75) is 77.9 Å². The van der Waals surface area contributed by atoms with E-state index in [1.807, 2.05) is 35.2 Å². The summed E-state index contributed by atoms with van der Waals surface area (Å²) >= 11 is 0. The second-order valence-corrected chi connectivity index (χ2v) is 10.8. The van der Waals surface area contributed by atoms with Gasteiger partial charge in [-0.2, -0.15) is 4.57 Å². The van der Waals surface area contributed by atoms with Crippen LogP contribution < -0.4 is 4.57 Å². The van der Waals surface area contributed by atoms with E-state index in [2.05, 4.69) is 19.9 Å². The molecule has 4 aliphatic carbocycles. The zero-order valence-electron chi connectivity index (χ0n) is 18.0. The molecule has 0 aromatic carbocycles. The molecule has 29 heavy (non-hydrogen) atoms. The standard InChI is InChI=1S/C26H36NO2/c1-25-12-10-19(28)16-18(25)6-7-20-21-8-9-23(26(21,2)13-11-22(20)25)24(29)17-27-14-4-3-5-15-27/h3-6,14-15,19-23,28H,7-13,16-17H2,1-2H3/q+1/t19?,20-,21-,22-,23+,25-,26-/m0/s1. The second-order valence-electron chi connectivity index (χ2n) is 10.8. The molecule has 0 bridgehead atoms. The number of aliphatic hydroxyl groups excluding tert-OH is 1. The fraction of sp³-hybridized carbons (Fsp3) is 0.692. The average molecular weight is 395 g/mol. The van der Waals surface area contributed by atoms with E-state index in [4.69, 9.17) is 0 Å². The normalized spacial score (nSPS) is 43.7. The molecule has 1 N–H and O–H groups in total. The predicted octanol–water partition coefficient (Wildman–Crippen LogP) is 4.48. The Balaban J connectivity index is 1.38. The quantitative estimate of drug-likeness (QED) is 0.606. The van der Waals surface area contributed by atoms with Gasteiger partial charge in [-0.3, -0.25) is 4.79 Å². The van der Waals surface area contributed by atoms with Gasteiger partial charge in [0.15, 0.2) is 12.4 Å². The molecule has 0 radical (unpaired) electrons. The van der Waals surface area contributed by atoms with Crippen LogP contribution in [0.2, 0.25) is 0 Å². The Kier molecular flexibility index (Phi) is 4.73. The van der Waals surface area contributed by atoms with E-state index >= 15 is 0 Å². The first-order valence-corrected chi connectivity index (χ1v) is 11.8. The van der Waals surface area contributed by atoms with Gasteiger partial charge >= 0.3 is 0 Å². The average Bonchev–Trinajstić information content (AvgIpc) is 3.06. The number of carbonyl (C=O) groups excluding carboxylic acids is 1. The fourth-order valence-electron chi connectivity index (χ4n) is 8.00. The molecule has 3 saturated carbocycles. The maximum atomic E-state index is 13.3. The van der Waals surface area contributed by atoms with Gasteiger partial charge in [0.2, 0.25) is 12.3 Å². The largest absolute Gasteiger partial charge is 0.393 e. The lowest BCUT2D eigenvalue weighted by Crippen LogP contribution is -2.51. The van der Waals surface area contributed by atoms with Crippen molar-refractivity contribution in [1.29, 1.82) is 0 Å². The molecule has 0 amide bonds. The summed E-state index contributed by atoms with van der Waals surface area (Å²) in [4.78, 5) is 13.3. The minimum atomic E-state index is -0.135. The summed E-state index contributed by atoms with van der Waals surface area (Å²) in [6.07, 6.45) is 15.3. The van der Waals surface area contributed by atoms with Crippen LogP contribution in [0.15, 0.2) is 42.2 Å². The Morgan fingerprint density at radius 2 is 1.86 bits per heavy atom. The highest BCUT2D eigenvalue weighted by Crippen LogP contribution is 2.66. The third-order valence-corrected chi connectivity index (χ3v) is 9.58. The van der Waals surface area contributed by atoms with Crippen LogP contribution in [0.5, 0.6) is 0 Å². The molecule has 156 valence electrons. The van der Waals surface area contributed by atoms with Crippen LogP contribution in [0.25, 0.3) is 0 Å². The highest BCUT2D eigenvalue weighted by atomic mass is 16.3. The summed E-state index contributed by atoms with van der Waals surface area (Å²) < 4.78 is 2.04. The molecule has 3 heteroatoms. The number of hydrogen-bond acceptors (Lipinski definition) is 2. The molecule has 4 aliphatic rings. The third-order valence-electron chi connectivity index (χ3n) is 9.58. The number of pyridine rings is 1. The van der Waals surface area contributed by atoms with E-state index < -0.39 is 0 Å². The van der Waals surface area contributed by atoms with Crippen molar-refractivity contribution in [3.63, 3.8) is 0 Å². The Morgan fingerprint density at radius 1 is 1.07 bits per heavy atom. The van der Waals surface area contributed by atoms with E-state index in [0.717, 1.165) is 43.9 Å². The molecule has 0 saturated heterocycles. The van der Waals surface area contributed by atoms with Crippen molar-refractivity contribution in [1.82, 2.24) is 0 Å². The number of ketones is 1. The van der Waals surface area contributed by atoms with Gasteiger partial charge in [0.1, 0.15) is 0 Å². The lowest BCUT2D eigenvalue weighted by molar-refractivity contribution is -0.684. The maximum Gasteiger partial charge on any atom is 0.206 e. The van der Waals surface area contributed by atoms with Gasteiger partial charge in [0, 0.05) is 18.1 Å². The summed E-state index contributed by atoms with van der Waals surface area (Å²) in [6.45, 7) is 5.43. The number of nitrogens with zero attached hydrogens (tertiary/aromatic N) is 1. The molecule has 0 spiro atoms. The first-order chi connectivity index (χ1) is 13.9. The van der Waals surface area contributed by atoms with E-state index in [-0.39, 0.29) is 22.9 Å². The number of fused-ring (bicyclic) bond motifs is 5. The van der Waals surface area contributed by atoms with Gasteiger partial charge in [-0.25, -0.2) is 0 Å². The topological polar surface area (TPSA) is 41.2 Å². The summed E-state index contributed by atoms with van der Waals surface area (Å²) in [6, 6.07) is 6.02. The van der Waals surface area contributed by atoms with Gasteiger partial charge in [-0.15, -0.1) is 0 Å². The first-order valence-electron chi connectivity index (χ1n) is 11.8. The van der Waals surface area contributed by atoms with Crippen molar-refractivity contribution >= 4 is 5.78 Å². The van der Waals surface area contributed by atoms with Crippen molar-refractivity contribution in [3.05, 3.63) is 42.2 Å². The molecule has 3 fully saturated rings. The molecular formula is C26H36NO2+. The van der Waals surface area contributed by atoms with Crippen LogP contribution in [0.4, 0.5) is 0 Å². The number of aromatic nitrogens is 1. The summed E-state index contributed by atoms with van der Waals surface area (Å²) in [5, 5.41) is 10.2. The molecule has 1 aromatic heterocycles. The molecule has 1 aromatic rings. The van der Waals surface area contributed by atoms with Crippen molar-refractivity contribution in [2.75, 3.05) is 0 Å². The van der Waals surface area contributed by atoms with Crippen LogP contribution in [-0.4, -0.2) is 17.0 Å². The summed E-state index contributed by atoms with van der Waals surface area (Å²) in [5.74, 6) is 2.79. The van der Waals surface area contributed by atoms with Crippen molar-refractivity contribution in [2.24, 2.45) is 34.5 Å². The van der Waals surface area contributed by atoms with Crippen LogP contribution in [-0.2, 0) is 11.3 Å². The van der Waals surface area contributed by atoms with Gasteiger partial charge in [0.05, 0.1) is 6.10 Å². The maximum absolute atomic E-state index is 13.3. The molecular weight excluding hydrogens is 358 g/mol. The fourth-order valence-corrected chi connectivity index (χ4v) is 8.00. The van der Waals surface area contributed by atoms with Crippen LogP contribution in [0.1, 0.15) is 65.2 Å². The molecule has 3 nitrogen and oxygen atoms in total. The zero-order valence-corrected chi connectivity index (χ0v) is 18.0. The highest BCUT2D eigenvalue weighted by molar-refractivity contribution is 5.81. The summed E-state index contributed by atoms with van der Waals surface area (Å²) in [5.41, 5.74) is 1.99. The summed E-state index contributed by atoms with van der Waals surface area (Å²) in [7, 11) is 0. The van der Waals surface area contributed by atoms with Crippen LogP contribution in [0, 0.1) is 34.5 Å². The Bertz CT molecular complexity index is 817. The number of carbonyl (C=O) groups is 1. The Labute approximate surface area is 175 Å². The number of aliphatic hydroxyl groups is 1. The molecule has 5 rings (SSSR count). The van der Waals surface area contributed by atoms with Gasteiger partial charge in [-0.05, 0) is 80.0 Å². The van der Waals surface area contributed by atoms with E-state index in [1.165, 1.54) is 24.8 Å². The minimum Gasteiger partial charge on any atom is -0.393 e. The minimum absolute atomic E-state index is 0.135. The molecule has 7 atom stereocenters. The molecule has 1 unspecified atom stereocenters. The van der Waals surface area contributed by atoms with Crippen LogP contribution >= 0.6 is 0 Å². The second kappa shape index (κ2) is 7.04.